The third-order valence-electron chi connectivity index (χ3n) is 7.79. The zero-order valence-electron chi connectivity index (χ0n) is 23.1. The molecule has 0 atom stereocenters. The molecule has 3 nitrogen and oxygen atoms in total. The Morgan fingerprint density at radius 2 is 1.27 bits per heavy atom. The van der Waals surface area contributed by atoms with Gasteiger partial charge in [-0.3, -0.25) is 0 Å². The molecule has 1 aromatic heterocycles. The quantitative estimate of drug-likeness (QED) is 0.129. The molecule has 0 N–H and O–H groups in total. The molecular formula is C33H40N2OSi. The van der Waals surface area contributed by atoms with Gasteiger partial charge in [0.2, 0.25) is 0 Å². The molecule has 0 bridgehead atoms. The number of benzene rings is 3. The molecule has 3 aromatic carbocycles. The van der Waals surface area contributed by atoms with Crippen molar-refractivity contribution in [2.45, 2.75) is 57.8 Å². The molecule has 0 amide bonds. The minimum Gasteiger partial charge on any atom is -0.417 e. The molecule has 1 heterocycles. The van der Waals surface area contributed by atoms with Gasteiger partial charge in [0.25, 0.3) is 0 Å². The average Bonchev–Trinajstić information content (AvgIpc) is 3.39. The van der Waals surface area contributed by atoms with Crippen molar-refractivity contribution < 1.29 is 4.43 Å². The maximum atomic E-state index is 6.38. The van der Waals surface area contributed by atoms with Gasteiger partial charge in [0.15, 0.2) is 8.32 Å². The molecule has 0 fully saturated rings. The first kappa shape index (κ1) is 26.8. The molecule has 0 aliphatic heterocycles. The number of hydrogen-bond donors (Lipinski definition) is 0. The number of rotatable bonds is 9. The van der Waals surface area contributed by atoms with Gasteiger partial charge in [0.05, 0.1) is 12.0 Å². The highest BCUT2D eigenvalue weighted by Gasteiger charge is 2.38. The Hall–Kier alpha value is -3.21. The van der Waals surface area contributed by atoms with E-state index < -0.39 is 13.9 Å². The van der Waals surface area contributed by atoms with Crippen LogP contribution in [0.5, 0.6) is 0 Å². The van der Waals surface area contributed by atoms with Gasteiger partial charge in [-0.15, -0.1) is 0 Å². The van der Waals surface area contributed by atoms with Crippen molar-refractivity contribution in [1.82, 2.24) is 9.55 Å². The van der Waals surface area contributed by atoms with Crippen LogP contribution in [-0.4, -0.2) is 24.5 Å². The fraction of sp³-hybridized carbons (Fsp3) is 0.303. The Morgan fingerprint density at radius 1 is 0.811 bits per heavy atom. The number of nitrogens with zero attached hydrogens (tertiary/aromatic N) is 2. The van der Waals surface area contributed by atoms with Crippen molar-refractivity contribution in [2.75, 3.05) is 6.61 Å². The Bertz CT molecular complexity index is 1210. The lowest BCUT2D eigenvalue weighted by Crippen LogP contribution is -2.40. The topological polar surface area (TPSA) is 27.1 Å². The van der Waals surface area contributed by atoms with E-state index in [0.717, 1.165) is 18.7 Å². The summed E-state index contributed by atoms with van der Waals surface area (Å²) in [6.07, 6.45) is 7.31. The molecule has 37 heavy (non-hydrogen) atoms. The highest BCUT2D eigenvalue weighted by Crippen LogP contribution is 2.41. The Kier molecular flexibility index (Phi) is 8.01. The molecule has 0 aliphatic carbocycles. The highest BCUT2D eigenvalue weighted by atomic mass is 28.4. The molecular weight excluding hydrogens is 468 g/mol. The van der Waals surface area contributed by atoms with Crippen LogP contribution in [0.3, 0.4) is 0 Å². The summed E-state index contributed by atoms with van der Waals surface area (Å²) in [5.41, 5.74) is 5.20. The van der Waals surface area contributed by atoms with E-state index in [1.165, 1.54) is 22.3 Å². The van der Waals surface area contributed by atoms with E-state index in [4.69, 9.17) is 9.41 Å². The second-order valence-electron chi connectivity index (χ2n) is 11.3. The first-order chi connectivity index (χ1) is 17.7. The molecule has 0 radical (unpaired) electrons. The Balaban J connectivity index is 1.72. The van der Waals surface area contributed by atoms with E-state index >= 15 is 0 Å². The van der Waals surface area contributed by atoms with Crippen LogP contribution in [0.25, 0.3) is 5.57 Å². The zero-order valence-corrected chi connectivity index (χ0v) is 24.1. The van der Waals surface area contributed by atoms with Gasteiger partial charge in [0, 0.05) is 12.8 Å². The average molecular weight is 509 g/mol. The number of aromatic nitrogens is 2. The van der Waals surface area contributed by atoms with Gasteiger partial charge in [-0.2, -0.15) is 0 Å². The maximum absolute atomic E-state index is 6.38. The summed E-state index contributed by atoms with van der Waals surface area (Å²) < 4.78 is 8.65. The van der Waals surface area contributed by atoms with Crippen molar-refractivity contribution in [3.63, 3.8) is 0 Å². The van der Waals surface area contributed by atoms with Crippen LogP contribution in [0.4, 0.5) is 0 Å². The molecule has 192 valence electrons. The monoisotopic (exact) mass is 508 g/mol. The van der Waals surface area contributed by atoms with E-state index in [-0.39, 0.29) is 5.04 Å². The lowest BCUT2D eigenvalue weighted by atomic mass is 9.77. The normalized spacial score (nSPS) is 13.1. The molecule has 0 unspecified atom stereocenters. The van der Waals surface area contributed by atoms with Crippen LogP contribution in [0.1, 0.15) is 56.5 Å². The largest absolute Gasteiger partial charge is 0.417 e. The van der Waals surface area contributed by atoms with E-state index in [2.05, 4.69) is 149 Å². The van der Waals surface area contributed by atoms with Crippen molar-refractivity contribution in [3.8, 4) is 0 Å². The van der Waals surface area contributed by atoms with Crippen molar-refractivity contribution in [2.24, 2.45) is 0 Å². The summed E-state index contributed by atoms with van der Waals surface area (Å²) in [6, 6.07) is 32.1. The fourth-order valence-corrected chi connectivity index (χ4v) is 5.67. The molecule has 4 rings (SSSR count). The SMILES string of the molecule is CC(=CCCO[Si](C)(C)C(C)(C)C)c1cn(C(c2ccccc2)(c2ccccc2)c2ccccc2)cn1. The number of hydrogen-bond acceptors (Lipinski definition) is 2. The van der Waals surface area contributed by atoms with E-state index in [1.54, 1.807) is 0 Å². The molecule has 0 saturated heterocycles. The summed E-state index contributed by atoms with van der Waals surface area (Å²) in [5.74, 6) is 0. The first-order valence-electron chi connectivity index (χ1n) is 13.2. The van der Waals surface area contributed by atoms with Crippen LogP contribution in [0.2, 0.25) is 18.1 Å². The first-order valence-corrected chi connectivity index (χ1v) is 16.1. The van der Waals surface area contributed by atoms with Crippen molar-refractivity contribution >= 4 is 13.9 Å². The van der Waals surface area contributed by atoms with Gasteiger partial charge in [-0.25, -0.2) is 4.98 Å². The summed E-state index contributed by atoms with van der Waals surface area (Å²) in [5, 5.41) is 0.222. The highest BCUT2D eigenvalue weighted by molar-refractivity contribution is 6.74. The molecule has 4 aromatic rings. The lowest BCUT2D eigenvalue weighted by molar-refractivity contribution is 0.294. The second kappa shape index (κ2) is 11.0. The van der Waals surface area contributed by atoms with E-state index in [1.807, 2.05) is 6.33 Å². The minimum atomic E-state index is -1.74. The summed E-state index contributed by atoms with van der Waals surface area (Å²) in [4.78, 5) is 4.89. The van der Waals surface area contributed by atoms with Crippen LogP contribution < -0.4 is 0 Å². The predicted octanol–water partition coefficient (Wildman–Crippen LogP) is 8.54. The van der Waals surface area contributed by atoms with Gasteiger partial charge in [-0.05, 0) is 53.7 Å². The van der Waals surface area contributed by atoms with Gasteiger partial charge in [0.1, 0.15) is 5.54 Å². The standard InChI is InChI=1S/C33H40N2OSi/c1-27(17-16-24-36-37(5,6)32(2,3)4)31-25-35(26-34-31)33(28-18-10-7-11-19-28,29-20-12-8-13-21-29)30-22-14-9-15-23-30/h7-15,17-23,25-26H,16,24H2,1-6H3. The summed E-state index contributed by atoms with van der Waals surface area (Å²) in [7, 11) is -1.74. The Labute approximate surface area is 224 Å². The smallest absolute Gasteiger partial charge is 0.191 e. The number of imidazole rings is 1. The van der Waals surface area contributed by atoms with Crippen LogP contribution in [-0.2, 0) is 9.96 Å². The minimum absolute atomic E-state index is 0.222. The van der Waals surface area contributed by atoms with Crippen LogP contribution >= 0.6 is 0 Å². The molecule has 4 heteroatoms. The third-order valence-corrected chi connectivity index (χ3v) is 12.3. The zero-order chi connectivity index (χ0) is 26.5. The lowest BCUT2D eigenvalue weighted by Gasteiger charge is -2.37. The van der Waals surface area contributed by atoms with Crippen molar-refractivity contribution in [1.29, 1.82) is 0 Å². The molecule has 0 spiro atoms. The van der Waals surface area contributed by atoms with E-state index in [0.29, 0.717) is 0 Å². The van der Waals surface area contributed by atoms with Crippen molar-refractivity contribution in [3.05, 3.63) is 132 Å². The fourth-order valence-electron chi connectivity index (χ4n) is 4.61. The molecule has 0 aliphatic rings. The third kappa shape index (κ3) is 5.56. The van der Waals surface area contributed by atoms with Gasteiger partial charge < -0.3 is 8.99 Å². The van der Waals surface area contributed by atoms with E-state index in [9.17, 15) is 0 Å². The predicted molar refractivity (Wildman–Crippen MR) is 158 cm³/mol. The van der Waals surface area contributed by atoms with Crippen LogP contribution in [0, 0.1) is 0 Å². The van der Waals surface area contributed by atoms with Gasteiger partial charge in [-0.1, -0.05) is 118 Å². The molecule has 0 saturated carbocycles. The summed E-state index contributed by atoms with van der Waals surface area (Å²) >= 11 is 0. The second-order valence-corrected chi connectivity index (χ2v) is 16.1. The number of allylic oxidation sites excluding steroid dienone is 1. The summed E-state index contributed by atoms with van der Waals surface area (Å²) in [6.45, 7) is 14.4. The Morgan fingerprint density at radius 3 is 1.70 bits per heavy atom. The van der Waals surface area contributed by atoms with Gasteiger partial charge >= 0.3 is 0 Å². The van der Waals surface area contributed by atoms with Crippen LogP contribution in [0.15, 0.2) is 110 Å². The maximum Gasteiger partial charge on any atom is 0.191 e.